The Labute approximate surface area is 109 Å². The van der Waals surface area contributed by atoms with Crippen LogP contribution in [0.2, 0.25) is 0 Å². The summed E-state index contributed by atoms with van der Waals surface area (Å²) in [6, 6.07) is 9.50. The van der Waals surface area contributed by atoms with Gasteiger partial charge >= 0.3 is 5.97 Å². The standard InChI is InChI=1S/C12H14N4O3/c17-12(18)9-11-13-14-15-16(11)7-4-8-19-10-5-2-1-3-6-10/h1-3,5-6H,4,7-9H2,(H,17,18). The minimum Gasteiger partial charge on any atom is -0.494 e. The Balaban J connectivity index is 1.77. The van der Waals surface area contributed by atoms with Crippen LogP contribution >= 0.6 is 0 Å². The summed E-state index contributed by atoms with van der Waals surface area (Å²) in [7, 11) is 0. The number of hydrogen-bond donors (Lipinski definition) is 1. The zero-order chi connectivity index (χ0) is 13.5. The van der Waals surface area contributed by atoms with E-state index in [0.717, 1.165) is 5.75 Å². The molecule has 0 atom stereocenters. The molecule has 7 heteroatoms. The second kappa shape index (κ2) is 6.48. The maximum Gasteiger partial charge on any atom is 0.311 e. The fourth-order valence-electron chi connectivity index (χ4n) is 1.58. The quantitative estimate of drug-likeness (QED) is 0.741. The second-order valence-corrected chi connectivity index (χ2v) is 3.90. The Kier molecular flexibility index (Phi) is 4.44. The zero-order valence-electron chi connectivity index (χ0n) is 10.3. The van der Waals surface area contributed by atoms with Crippen LogP contribution in [-0.2, 0) is 17.8 Å². The lowest BCUT2D eigenvalue weighted by molar-refractivity contribution is -0.136. The van der Waals surface area contributed by atoms with Crippen LogP contribution in [0.15, 0.2) is 30.3 Å². The molecule has 2 rings (SSSR count). The molecule has 0 spiro atoms. The smallest absolute Gasteiger partial charge is 0.311 e. The molecule has 0 saturated carbocycles. The largest absolute Gasteiger partial charge is 0.494 e. The van der Waals surface area contributed by atoms with Crippen molar-refractivity contribution < 1.29 is 14.6 Å². The number of carboxylic acids is 1. The first-order chi connectivity index (χ1) is 9.25. The predicted molar refractivity (Wildman–Crippen MR) is 65.7 cm³/mol. The first kappa shape index (κ1) is 13.0. The highest BCUT2D eigenvalue weighted by molar-refractivity contribution is 5.68. The highest BCUT2D eigenvalue weighted by Crippen LogP contribution is 2.08. The fourth-order valence-corrected chi connectivity index (χ4v) is 1.58. The lowest BCUT2D eigenvalue weighted by Crippen LogP contribution is -2.12. The maximum absolute atomic E-state index is 10.6. The summed E-state index contributed by atoms with van der Waals surface area (Å²) in [5.41, 5.74) is 0. The number of aromatic nitrogens is 4. The minimum absolute atomic E-state index is 0.174. The van der Waals surface area contributed by atoms with Crippen molar-refractivity contribution in [2.45, 2.75) is 19.4 Å². The summed E-state index contributed by atoms with van der Waals surface area (Å²) in [6.07, 6.45) is 0.527. The summed E-state index contributed by atoms with van der Waals surface area (Å²) < 4.78 is 7.02. The SMILES string of the molecule is O=C(O)Cc1nnnn1CCCOc1ccccc1. The highest BCUT2D eigenvalue weighted by Gasteiger charge is 2.09. The summed E-state index contributed by atoms with van der Waals surface area (Å²) in [4.78, 5) is 10.6. The molecule has 19 heavy (non-hydrogen) atoms. The maximum atomic E-state index is 10.6. The summed E-state index contributed by atoms with van der Waals surface area (Å²) in [6.45, 7) is 1.05. The van der Waals surface area contributed by atoms with E-state index in [0.29, 0.717) is 25.4 Å². The van der Waals surface area contributed by atoms with E-state index in [1.165, 1.54) is 4.68 Å². The van der Waals surface area contributed by atoms with Gasteiger partial charge in [0, 0.05) is 13.0 Å². The number of carbonyl (C=O) groups is 1. The van der Waals surface area contributed by atoms with Crippen molar-refractivity contribution >= 4 is 5.97 Å². The lowest BCUT2D eigenvalue weighted by atomic mass is 10.3. The first-order valence-electron chi connectivity index (χ1n) is 5.90. The van der Waals surface area contributed by atoms with E-state index in [9.17, 15) is 4.79 Å². The Morgan fingerprint density at radius 1 is 1.32 bits per heavy atom. The van der Waals surface area contributed by atoms with E-state index in [2.05, 4.69) is 15.5 Å². The van der Waals surface area contributed by atoms with Gasteiger partial charge in [-0.25, -0.2) is 4.68 Å². The van der Waals surface area contributed by atoms with Crippen LogP contribution in [0.3, 0.4) is 0 Å². The van der Waals surface area contributed by atoms with Gasteiger partial charge in [0.05, 0.1) is 6.61 Å². The number of aliphatic carboxylic acids is 1. The molecule has 7 nitrogen and oxygen atoms in total. The number of aryl methyl sites for hydroxylation is 1. The van der Waals surface area contributed by atoms with E-state index in [1.54, 1.807) is 0 Å². The number of para-hydroxylation sites is 1. The molecule has 0 unspecified atom stereocenters. The number of rotatable bonds is 7. The summed E-state index contributed by atoms with van der Waals surface area (Å²) >= 11 is 0. The van der Waals surface area contributed by atoms with Gasteiger partial charge in [0.2, 0.25) is 0 Å². The molecule has 1 N–H and O–H groups in total. The van der Waals surface area contributed by atoms with Crippen LogP contribution in [0.1, 0.15) is 12.2 Å². The molecule has 0 saturated heterocycles. The van der Waals surface area contributed by atoms with Gasteiger partial charge in [-0.15, -0.1) is 5.10 Å². The van der Waals surface area contributed by atoms with Gasteiger partial charge in [-0.3, -0.25) is 4.79 Å². The molecule has 1 aromatic heterocycles. The van der Waals surface area contributed by atoms with Crippen molar-refractivity contribution in [3.8, 4) is 5.75 Å². The summed E-state index contributed by atoms with van der Waals surface area (Å²) in [5, 5.41) is 19.6. The molecule has 0 amide bonds. The van der Waals surface area contributed by atoms with Crippen LogP contribution in [0.25, 0.3) is 0 Å². The van der Waals surface area contributed by atoms with E-state index >= 15 is 0 Å². The van der Waals surface area contributed by atoms with Gasteiger partial charge in [0.1, 0.15) is 12.2 Å². The third-order valence-electron chi connectivity index (χ3n) is 2.44. The summed E-state index contributed by atoms with van der Waals surface area (Å²) in [5.74, 6) is 0.216. The minimum atomic E-state index is -0.948. The second-order valence-electron chi connectivity index (χ2n) is 3.90. The van der Waals surface area contributed by atoms with E-state index in [4.69, 9.17) is 9.84 Å². The number of benzene rings is 1. The van der Waals surface area contributed by atoms with Crippen LogP contribution in [0.5, 0.6) is 5.75 Å². The van der Waals surface area contributed by atoms with Crippen LogP contribution in [-0.4, -0.2) is 37.9 Å². The van der Waals surface area contributed by atoms with Gasteiger partial charge in [-0.05, 0) is 22.6 Å². The van der Waals surface area contributed by atoms with Gasteiger partial charge in [0.15, 0.2) is 5.82 Å². The van der Waals surface area contributed by atoms with Crippen molar-refractivity contribution in [1.82, 2.24) is 20.2 Å². The average Bonchev–Trinajstić information content (AvgIpc) is 2.82. The molecule has 0 bridgehead atoms. The number of nitrogens with zero attached hydrogens (tertiary/aromatic N) is 4. The molecular formula is C12H14N4O3. The number of tetrazole rings is 1. The van der Waals surface area contributed by atoms with E-state index in [-0.39, 0.29) is 6.42 Å². The Morgan fingerprint density at radius 2 is 2.11 bits per heavy atom. The normalized spacial score (nSPS) is 10.3. The number of hydrogen-bond acceptors (Lipinski definition) is 5. The van der Waals surface area contributed by atoms with Crippen molar-refractivity contribution in [3.05, 3.63) is 36.2 Å². The monoisotopic (exact) mass is 262 g/mol. The van der Waals surface area contributed by atoms with Crippen LogP contribution < -0.4 is 4.74 Å². The van der Waals surface area contributed by atoms with Gasteiger partial charge < -0.3 is 9.84 Å². The third kappa shape index (κ3) is 4.06. The topological polar surface area (TPSA) is 90.1 Å². The number of ether oxygens (including phenoxy) is 1. The molecule has 0 radical (unpaired) electrons. The molecular weight excluding hydrogens is 248 g/mol. The van der Waals surface area contributed by atoms with Crippen molar-refractivity contribution in [1.29, 1.82) is 0 Å². The van der Waals surface area contributed by atoms with Gasteiger partial charge in [-0.2, -0.15) is 0 Å². The zero-order valence-corrected chi connectivity index (χ0v) is 10.3. The lowest BCUT2D eigenvalue weighted by Gasteiger charge is -2.06. The average molecular weight is 262 g/mol. The molecule has 0 aliphatic rings. The van der Waals surface area contributed by atoms with E-state index < -0.39 is 5.97 Å². The van der Waals surface area contributed by atoms with Crippen LogP contribution in [0, 0.1) is 0 Å². The molecule has 0 aliphatic heterocycles. The van der Waals surface area contributed by atoms with Crippen molar-refractivity contribution in [2.24, 2.45) is 0 Å². The molecule has 100 valence electrons. The molecule has 1 heterocycles. The molecule has 2 aromatic rings. The number of carboxylic acid groups (broad SMARTS) is 1. The fraction of sp³-hybridized carbons (Fsp3) is 0.333. The van der Waals surface area contributed by atoms with Gasteiger partial charge in [0.25, 0.3) is 0 Å². The van der Waals surface area contributed by atoms with Crippen molar-refractivity contribution in [3.63, 3.8) is 0 Å². The Morgan fingerprint density at radius 3 is 2.84 bits per heavy atom. The highest BCUT2D eigenvalue weighted by atomic mass is 16.5. The van der Waals surface area contributed by atoms with Crippen molar-refractivity contribution in [2.75, 3.05) is 6.61 Å². The molecule has 1 aromatic carbocycles. The first-order valence-corrected chi connectivity index (χ1v) is 5.90. The Hall–Kier alpha value is -2.44. The Bertz CT molecular complexity index is 527. The van der Waals surface area contributed by atoms with Crippen LogP contribution in [0.4, 0.5) is 0 Å². The third-order valence-corrected chi connectivity index (χ3v) is 2.44. The predicted octanol–water partition coefficient (Wildman–Crippen LogP) is 0.769. The van der Waals surface area contributed by atoms with E-state index in [1.807, 2.05) is 30.3 Å². The van der Waals surface area contributed by atoms with Gasteiger partial charge in [-0.1, -0.05) is 18.2 Å². The molecule has 0 fully saturated rings. The molecule has 0 aliphatic carbocycles.